The Morgan fingerprint density at radius 2 is 1.76 bits per heavy atom. The zero-order chi connectivity index (χ0) is 26.5. The van der Waals surface area contributed by atoms with Crippen LogP contribution in [0.2, 0.25) is 0 Å². The molecule has 2 aromatic carbocycles. The van der Waals surface area contributed by atoms with Gasteiger partial charge in [0, 0.05) is 61.8 Å². The van der Waals surface area contributed by atoms with Crippen LogP contribution < -0.4 is 10.6 Å². The number of nitrogens with one attached hydrogen (secondary N) is 2. The van der Waals surface area contributed by atoms with E-state index < -0.39 is 6.04 Å². The lowest BCUT2D eigenvalue weighted by Crippen LogP contribution is -2.54. The van der Waals surface area contributed by atoms with Crippen LogP contribution in [0, 0.1) is 6.92 Å². The Morgan fingerprint density at radius 3 is 2.45 bits per heavy atom. The van der Waals surface area contributed by atoms with Crippen molar-refractivity contribution in [3.05, 3.63) is 83.9 Å². The van der Waals surface area contributed by atoms with Crippen LogP contribution in [0.3, 0.4) is 0 Å². The van der Waals surface area contributed by atoms with Gasteiger partial charge in [-0.2, -0.15) is 0 Å². The molecule has 3 atom stereocenters. The zero-order valence-corrected chi connectivity index (χ0v) is 22.3. The summed E-state index contributed by atoms with van der Waals surface area (Å²) in [5, 5.41) is 6.70. The first-order valence-corrected chi connectivity index (χ1v) is 13.6. The van der Waals surface area contributed by atoms with Gasteiger partial charge in [-0.15, -0.1) is 0 Å². The van der Waals surface area contributed by atoms with Gasteiger partial charge in [-0.05, 0) is 69.6 Å². The lowest BCUT2D eigenvalue weighted by Gasteiger charge is -2.34. The van der Waals surface area contributed by atoms with Gasteiger partial charge in [-0.3, -0.25) is 9.59 Å². The van der Waals surface area contributed by atoms with Crippen LogP contribution in [0.15, 0.2) is 67.3 Å². The fraction of sp³-hybridized carbons (Fsp3) is 0.433. The Bertz CT molecular complexity index is 1200. The van der Waals surface area contributed by atoms with Crippen molar-refractivity contribution in [2.45, 2.75) is 44.2 Å². The van der Waals surface area contributed by atoms with Crippen LogP contribution in [0.25, 0.3) is 5.69 Å². The highest BCUT2D eigenvalue weighted by Crippen LogP contribution is 2.40. The fourth-order valence-electron chi connectivity index (χ4n) is 5.14. The Kier molecular flexibility index (Phi) is 8.20. The third-order valence-electron chi connectivity index (χ3n) is 7.72. The fourth-order valence-corrected chi connectivity index (χ4v) is 5.14. The van der Waals surface area contributed by atoms with Crippen molar-refractivity contribution in [3.8, 4) is 5.69 Å². The van der Waals surface area contributed by atoms with Gasteiger partial charge in [-0.1, -0.05) is 29.8 Å². The molecule has 0 bridgehead atoms. The topological polar surface area (TPSA) is 82.5 Å². The summed E-state index contributed by atoms with van der Waals surface area (Å²) in [4.78, 5) is 34.8. The van der Waals surface area contributed by atoms with Gasteiger partial charge in [-0.25, -0.2) is 4.98 Å². The predicted molar refractivity (Wildman–Crippen MR) is 148 cm³/mol. The monoisotopic (exact) mass is 514 g/mol. The van der Waals surface area contributed by atoms with Crippen molar-refractivity contribution in [2.24, 2.45) is 0 Å². The molecular weight excluding hydrogens is 476 g/mol. The molecule has 1 saturated carbocycles. The average molecular weight is 515 g/mol. The molecule has 38 heavy (non-hydrogen) atoms. The molecular formula is C30H38N6O2. The molecule has 0 radical (unpaired) electrons. The van der Waals surface area contributed by atoms with Crippen molar-refractivity contribution in [1.29, 1.82) is 0 Å². The van der Waals surface area contributed by atoms with E-state index in [0.717, 1.165) is 38.2 Å². The summed E-state index contributed by atoms with van der Waals surface area (Å²) in [5.74, 6) is 0.373. The summed E-state index contributed by atoms with van der Waals surface area (Å²) in [6, 6.07) is 16.1. The highest BCUT2D eigenvalue weighted by Gasteiger charge is 2.37. The second-order valence-corrected chi connectivity index (χ2v) is 10.6. The second kappa shape index (κ2) is 11.9. The van der Waals surface area contributed by atoms with E-state index in [1.165, 1.54) is 11.1 Å². The van der Waals surface area contributed by atoms with Crippen LogP contribution >= 0.6 is 0 Å². The van der Waals surface area contributed by atoms with Crippen LogP contribution in [-0.2, 0) is 4.79 Å². The number of aryl methyl sites for hydroxylation is 1. The van der Waals surface area contributed by atoms with Crippen LogP contribution in [0.5, 0.6) is 0 Å². The molecule has 8 nitrogen and oxygen atoms in total. The summed E-state index contributed by atoms with van der Waals surface area (Å²) < 4.78 is 1.89. The van der Waals surface area contributed by atoms with E-state index in [1.807, 2.05) is 27.8 Å². The Balaban J connectivity index is 1.16. The highest BCUT2D eigenvalue weighted by atomic mass is 16.2. The van der Waals surface area contributed by atoms with E-state index in [4.69, 9.17) is 0 Å². The maximum absolute atomic E-state index is 13.4. The third kappa shape index (κ3) is 6.49. The van der Waals surface area contributed by atoms with E-state index in [1.54, 1.807) is 24.7 Å². The van der Waals surface area contributed by atoms with Gasteiger partial charge >= 0.3 is 0 Å². The molecule has 1 saturated heterocycles. The molecule has 8 heteroatoms. The number of likely N-dealkylation sites (N-methyl/N-ethyl adjacent to an activating group) is 1. The van der Waals surface area contributed by atoms with Crippen molar-refractivity contribution >= 4 is 11.8 Å². The van der Waals surface area contributed by atoms with Crippen molar-refractivity contribution in [1.82, 2.24) is 30.0 Å². The molecule has 2 aliphatic rings. The quantitative estimate of drug-likeness (QED) is 0.407. The van der Waals surface area contributed by atoms with Crippen molar-refractivity contribution in [3.63, 3.8) is 0 Å². The molecule has 1 aromatic heterocycles. The minimum absolute atomic E-state index is 0.0189. The average Bonchev–Trinajstić information content (AvgIpc) is 3.49. The van der Waals surface area contributed by atoms with Gasteiger partial charge in [0.25, 0.3) is 5.91 Å². The first-order chi connectivity index (χ1) is 18.5. The molecule has 2 heterocycles. The van der Waals surface area contributed by atoms with E-state index in [-0.39, 0.29) is 11.8 Å². The number of hydrogen-bond acceptors (Lipinski definition) is 5. The number of benzene rings is 2. The Morgan fingerprint density at radius 1 is 1.03 bits per heavy atom. The normalized spacial score (nSPS) is 20.2. The van der Waals surface area contributed by atoms with Crippen molar-refractivity contribution in [2.75, 3.05) is 39.8 Å². The van der Waals surface area contributed by atoms with Gasteiger partial charge in [0.05, 0.1) is 6.33 Å². The number of imidazole rings is 1. The summed E-state index contributed by atoms with van der Waals surface area (Å²) >= 11 is 0. The predicted octanol–water partition coefficient (Wildman–Crippen LogP) is 2.98. The summed E-state index contributed by atoms with van der Waals surface area (Å²) in [5.41, 5.74) is 4.15. The Hall–Kier alpha value is -3.49. The van der Waals surface area contributed by atoms with Gasteiger partial charge in [0.15, 0.2) is 0 Å². The smallest absolute Gasteiger partial charge is 0.251 e. The number of carbonyl (C=O) groups is 2. The van der Waals surface area contributed by atoms with Gasteiger partial charge in [0.1, 0.15) is 6.04 Å². The molecule has 5 rings (SSSR count). The number of rotatable bonds is 10. The van der Waals surface area contributed by atoms with E-state index in [9.17, 15) is 9.59 Å². The number of amides is 2. The van der Waals surface area contributed by atoms with Crippen LogP contribution in [-0.4, -0.2) is 83.0 Å². The number of carbonyl (C=O) groups excluding carboxylic acids is 2. The lowest BCUT2D eigenvalue weighted by molar-refractivity contribution is -0.135. The Labute approximate surface area is 225 Å². The highest BCUT2D eigenvalue weighted by molar-refractivity contribution is 5.97. The molecule has 2 amide bonds. The molecule has 1 aliphatic carbocycles. The van der Waals surface area contributed by atoms with Crippen molar-refractivity contribution < 1.29 is 9.59 Å². The lowest BCUT2D eigenvalue weighted by atomic mass is 10.1. The van der Waals surface area contributed by atoms with E-state index >= 15 is 0 Å². The molecule has 1 aliphatic heterocycles. The molecule has 3 aromatic rings. The minimum atomic E-state index is -0.534. The minimum Gasteiger partial charge on any atom is -0.340 e. The maximum Gasteiger partial charge on any atom is 0.251 e. The number of aromatic nitrogens is 2. The molecule has 0 unspecified atom stereocenters. The van der Waals surface area contributed by atoms with E-state index in [2.05, 4.69) is 58.8 Å². The maximum atomic E-state index is 13.4. The second-order valence-electron chi connectivity index (χ2n) is 10.6. The molecule has 2 N–H and O–H groups in total. The largest absolute Gasteiger partial charge is 0.340 e. The van der Waals surface area contributed by atoms with Crippen LogP contribution in [0.4, 0.5) is 0 Å². The SMILES string of the molecule is Cc1ccc([C@@H]2C[C@H]2NCCC[C@@H](NC(=O)c2ccc(-n3ccnc3)cc2)C(=O)N2CCN(C)CC2)cc1. The zero-order valence-electron chi connectivity index (χ0n) is 22.3. The summed E-state index contributed by atoms with van der Waals surface area (Å²) in [6.07, 6.45) is 7.88. The third-order valence-corrected chi connectivity index (χ3v) is 7.72. The number of nitrogens with zero attached hydrogens (tertiary/aromatic N) is 4. The summed E-state index contributed by atoms with van der Waals surface area (Å²) in [7, 11) is 2.07. The standard InChI is InChI=1S/C30H38N6O2/c1-22-5-7-23(8-6-22)26-20-28(26)32-13-3-4-27(30(38)35-18-16-34(2)17-19-35)33-29(37)24-9-11-25(12-10-24)36-15-14-31-21-36/h5-12,14-15,21,26-28,32H,3-4,13,16-20H2,1-2H3,(H,33,37)/t26-,27+,28+/m0/s1. The number of hydrogen-bond donors (Lipinski definition) is 2. The van der Waals surface area contributed by atoms with E-state index in [0.29, 0.717) is 37.0 Å². The number of piperazine rings is 1. The molecule has 0 spiro atoms. The molecule has 2 fully saturated rings. The van der Waals surface area contributed by atoms with Gasteiger partial charge < -0.3 is 25.0 Å². The first kappa shape index (κ1) is 26.1. The summed E-state index contributed by atoms with van der Waals surface area (Å²) in [6.45, 7) is 6.04. The first-order valence-electron chi connectivity index (χ1n) is 13.6. The van der Waals surface area contributed by atoms with Gasteiger partial charge in [0.2, 0.25) is 5.91 Å². The molecule has 200 valence electrons. The van der Waals surface area contributed by atoms with Crippen LogP contribution in [0.1, 0.15) is 46.7 Å².